The van der Waals surface area contributed by atoms with Gasteiger partial charge in [0.05, 0.1) is 18.8 Å². The Morgan fingerprint density at radius 2 is 1.67 bits per heavy atom. The van der Waals surface area contributed by atoms with Crippen molar-refractivity contribution in [2.24, 2.45) is 5.41 Å². The zero-order chi connectivity index (χ0) is 36.2. The van der Waals surface area contributed by atoms with E-state index in [1.54, 1.807) is 19.2 Å². The van der Waals surface area contributed by atoms with Gasteiger partial charge in [0.1, 0.15) is 11.2 Å². The molecule has 3 aromatic carbocycles. The molecule has 7 rings (SSSR count). The Labute approximate surface area is 300 Å². The van der Waals surface area contributed by atoms with Gasteiger partial charge in [-0.15, -0.1) is 0 Å². The van der Waals surface area contributed by atoms with Gasteiger partial charge >= 0.3 is 10.2 Å². The molecular formula is C40H47N5O5S. The molecule has 2 aliphatic carbocycles. The maximum Gasteiger partial charge on any atom is 0.303 e. The molecule has 2 amide bonds. The quantitative estimate of drug-likeness (QED) is 0.215. The van der Waals surface area contributed by atoms with Gasteiger partial charge in [-0.3, -0.25) is 9.59 Å². The van der Waals surface area contributed by atoms with Crippen LogP contribution in [-0.2, 0) is 21.5 Å². The molecule has 2 atom stereocenters. The lowest BCUT2D eigenvalue weighted by Gasteiger charge is -2.34. The first-order valence-corrected chi connectivity index (χ1v) is 19.1. The van der Waals surface area contributed by atoms with Crippen molar-refractivity contribution in [3.8, 4) is 17.0 Å². The van der Waals surface area contributed by atoms with E-state index >= 15 is 4.79 Å². The first kappa shape index (κ1) is 35.0. The standard InChI is InChI=1S/C40H47N5O5S/c1-42(2)24-35(26-13-9-7-10-14-26)44(5)39(47)40-23-33(40)32-22-29(50-6)18-20-30(32)37-36(27-15-11-8-12-16-27)31-19-17-28(21-34(31)45(37)25-40)38(46)41-51(48,49)43(3)4/h7,9-10,13-14,17-23,27,35H,8,11-12,15-16,24-25H2,1-6H3,(H,41,46). The minimum atomic E-state index is -4.00. The maximum atomic E-state index is 15.1. The van der Waals surface area contributed by atoms with Crippen molar-refractivity contribution in [2.45, 2.75) is 50.6 Å². The number of amides is 2. The fraction of sp³-hybridized carbons (Fsp3) is 0.400. The van der Waals surface area contributed by atoms with Gasteiger partial charge in [-0.05, 0) is 85.5 Å². The minimum Gasteiger partial charge on any atom is -0.497 e. The van der Waals surface area contributed by atoms with E-state index in [-0.39, 0.29) is 17.5 Å². The normalized spacial score (nSPS) is 19.1. The zero-order valence-corrected chi connectivity index (χ0v) is 31.1. The van der Waals surface area contributed by atoms with Gasteiger partial charge < -0.3 is 19.1 Å². The molecule has 51 heavy (non-hydrogen) atoms. The second-order valence-electron chi connectivity index (χ2n) is 14.7. The summed E-state index contributed by atoms with van der Waals surface area (Å²) in [6.07, 6.45) is 7.69. The maximum absolute atomic E-state index is 15.1. The van der Waals surface area contributed by atoms with Crippen molar-refractivity contribution in [3.05, 3.63) is 95.1 Å². The number of hydrogen-bond acceptors (Lipinski definition) is 6. The molecule has 11 heteroatoms. The number of nitrogens with zero attached hydrogens (tertiary/aromatic N) is 4. The zero-order valence-electron chi connectivity index (χ0n) is 30.3. The molecular weight excluding hydrogens is 663 g/mol. The van der Waals surface area contributed by atoms with E-state index in [1.165, 1.54) is 26.1 Å². The van der Waals surface area contributed by atoms with Gasteiger partial charge in [-0.25, -0.2) is 4.72 Å². The van der Waals surface area contributed by atoms with Crippen LogP contribution < -0.4 is 9.46 Å². The highest BCUT2D eigenvalue weighted by Gasteiger charge is 2.56. The second kappa shape index (κ2) is 13.3. The Balaban J connectivity index is 1.42. The average molecular weight is 710 g/mol. The van der Waals surface area contributed by atoms with Crippen LogP contribution in [0.1, 0.15) is 71.1 Å². The lowest BCUT2D eigenvalue weighted by molar-refractivity contribution is -0.137. The summed E-state index contributed by atoms with van der Waals surface area (Å²) in [6, 6.07) is 21.6. The summed E-state index contributed by atoms with van der Waals surface area (Å²) < 4.78 is 36.4. The predicted octanol–water partition coefficient (Wildman–Crippen LogP) is 6.06. The second-order valence-corrected chi connectivity index (χ2v) is 16.6. The smallest absolute Gasteiger partial charge is 0.303 e. The Hall–Kier alpha value is -4.45. The minimum absolute atomic E-state index is 0.00173. The number of fused-ring (bicyclic) bond motifs is 7. The number of aromatic nitrogens is 1. The van der Waals surface area contributed by atoms with Crippen LogP contribution in [0, 0.1) is 5.41 Å². The van der Waals surface area contributed by atoms with Crippen LogP contribution in [0.5, 0.6) is 5.75 Å². The highest BCUT2D eigenvalue weighted by atomic mass is 32.2. The molecule has 0 saturated heterocycles. The van der Waals surface area contributed by atoms with Gasteiger partial charge in [0, 0.05) is 56.3 Å². The molecule has 0 radical (unpaired) electrons. The SMILES string of the molecule is COc1ccc2c(c1)C1=CC1(C(=O)N(C)C(CN(C)C)c1ccccc1)Cn1c-2c(C2CCCCC2)c2ccc(C(=O)NS(=O)(=O)N(C)C)cc21. The number of likely N-dealkylation sites (N-methyl/N-ethyl adjacent to an activating group) is 2. The van der Waals surface area contributed by atoms with Crippen LogP contribution >= 0.6 is 0 Å². The summed E-state index contributed by atoms with van der Waals surface area (Å²) in [7, 11) is 6.35. The number of hydrogen-bond donors (Lipinski definition) is 1. The Kier molecular flexibility index (Phi) is 9.10. The number of carbonyl (C=O) groups excluding carboxylic acids is 2. The van der Waals surface area contributed by atoms with E-state index in [1.807, 2.05) is 62.4 Å². The third kappa shape index (κ3) is 6.15. The van der Waals surface area contributed by atoms with Gasteiger partial charge in [0.2, 0.25) is 5.91 Å². The monoisotopic (exact) mass is 709 g/mol. The van der Waals surface area contributed by atoms with Crippen LogP contribution in [0.15, 0.2) is 72.8 Å². The fourth-order valence-corrected chi connectivity index (χ4v) is 8.74. The highest BCUT2D eigenvalue weighted by molar-refractivity contribution is 7.87. The van der Waals surface area contributed by atoms with E-state index in [0.29, 0.717) is 19.0 Å². The van der Waals surface area contributed by atoms with Crippen molar-refractivity contribution in [1.29, 1.82) is 0 Å². The molecule has 3 aliphatic rings. The highest BCUT2D eigenvalue weighted by Crippen LogP contribution is 2.60. The first-order valence-electron chi connectivity index (χ1n) is 17.7. The van der Waals surface area contributed by atoms with E-state index < -0.39 is 21.5 Å². The summed E-state index contributed by atoms with van der Waals surface area (Å²) in [6.45, 7) is 1.01. The number of carbonyl (C=O) groups is 2. The summed E-state index contributed by atoms with van der Waals surface area (Å²) in [5, 5.41) is 1.03. The van der Waals surface area contributed by atoms with Crippen LogP contribution in [0.4, 0.5) is 0 Å². The fourth-order valence-electron chi connectivity index (χ4n) is 8.21. The van der Waals surface area contributed by atoms with Crippen LogP contribution in [0.3, 0.4) is 0 Å². The van der Waals surface area contributed by atoms with Crippen molar-refractivity contribution in [2.75, 3.05) is 48.9 Å². The van der Waals surface area contributed by atoms with E-state index in [0.717, 1.165) is 74.6 Å². The predicted molar refractivity (Wildman–Crippen MR) is 201 cm³/mol. The van der Waals surface area contributed by atoms with Gasteiger partial charge in [0.25, 0.3) is 5.91 Å². The summed E-state index contributed by atoms with van der Waals surface area (Å²) in [5.74, 6) is 0.323. The number of benzene rings is 3. The molecule has 268 valence electrons. The Bertz CT molecular complexity index is 2150. The molecule has 4 aromatic rings. The van der Waals surface area contributed by atoms with Gasteiger partial charge in [0.15, 0.2) is 0 Å². The molecule has 1 aromatic heterocycles. The summed E-state index contributed by atoms with van der Waals surface area (Å²) in [4.78, 5) is 32.5. The van der Waals surface area contributed by atoms with Crippen molar-refractivity contribution < 1.29 is 22.7 Å². The molecule has 1 saturated carbocycles. The Morgan fingerprint density at radius 1 is 0.941 bits per heavy atom. The lowest BCUT2D eigenvalue weighted by atomic mass is 9.81. The van der Waals surface area contributed by atoms with E-state index in [9.17, 15) is 13.2 Å². The first-order chi connectivity index (χ1) is 24.4. The Morgan fingerprint density at radius 3 is 2.33 bits per heavy atom. The molecule has 1 N–H and O–H groups in total. The number of methoxy groups -OCH3 is 1. The summed E-state index contributed by atoms with van der Waals surface area (Å²) in [5.41, 5.74) is 6.46. The molecule has 10 nitrogen and oxygen atoms in total. The van der Waals surface area contributed by atoms with E-state index in [2.05, 4.69) is 38.5 Å². The topological polar surface area (TPSA) is 104 Å². The van der Waals surface area contributed by atoms with Gasteiger partial charge in [-0.1, -0.05) is 61.7 Å². The number of nitrogens with one attached hydrogen (secondary N) is 1. The average Bonchev–Trinajstić information content (AvgIpc) is 3.79. The molecule has 0 bridgehead atoms. The summed E-state index contributed by atoms with van der Waals surface area (Å²) >= 11 is 0. The molecule has 1 aliphatic heterocycles. The van der Waals surface area contributed by atoms with Crippen LogP contribution in [0.25, 0.3) is 27.7 Å². The number of ether oxygens (including phenoxy) is 1. The largest absolute Gasteiger partial charge is 0.497 e. The van der Waals surface area contributed by atoms with E-state index in [4.69, 9.17) is 4.74 Å². The third-order valence-corrected chi connectivity index (χ3v) is 12.3. The molecule has 2 unspecified atom stereocenters. The molecule has 0 spiro atoms. The van der Waals surface area contributed by atoms with Crippen molar-refractivity contribution >= 4 is 38.5 Å². The lowest BCUT2D eigenvalue weighted by Crippen LogP contribution is -2.43. The van der Waals surface area contributed by atoms with Gasteiger partial charge in [-0.2, -0.15) is 12.7 Å². The van der Waals surface area contributed by atoms with Crippen LogP contribution in [-0.4, -0.2) is 87.8 Å². The third-order valence-electron chi connectivity index (χ3n) is 10.9. The molecule has 2 heterocycles. The van der Waals surface area contributed by atoms with Crippen molar-refractivity contribution in [1.82, 2.24) is 23.4 Å². The number of rotatable bonds is 10. The van der Waals surface area contributed by atoms with Crippen LogP contribution in [0.2, 0.25) is 0 Å². The molecule has 1 fully saturated rings. The van der Waals surface area contributed by atoms with Crippen molar-refractivity contribution in [3.63, 3.8) is 0 Å².